The third-order valence-corrected chi connectivity index (χ3v) is 7.43. The molecule has 2 aromatic rings. The predicted molar refractivity (Wildman–Crippen MR) is 105 cm³/mol. The summed E-state index contributed by atoms with van der Waals surface area (Å²) >= 11 is 6.03. The lowest BCUT2D eigenvalue weighted by Gasteiger charge is -2.16. The van der Waals surface area contributed by atoms with Gasteiger partial charge in [0.05, 0.1) is 21.7 Å². The first-order valence-electron chi connectivity index (χ1n) is 8.83. The standard InChI is InChI=1S/C18H22ClN3O4S/c1-10(2)27(25,26)17-12(19)7-8-13(16(17)24)20-18-21-14(9-15(23)22-18)11-5-3-4-6-11/h7-11,24H,3-6H2,1-2H3,(H2,20,21,22,23). The quantitative estimate of drug-likeness (QED) is 0.646. The Labute approximate surface area is 162 Å². The van der Waals surface area contributed by atoms with Crippen LogP contribution in [0.5, 0.6) is 5.75 Å². The lowest BCUT2D eigenvalue weighted by Crippen LogP contribution is -2.16. The van der Waals surface area contributed by atoms with Crippen molar-refractivity contribution in [1.29, 1.82) is 0 Å². The topological polar surface area (TPSA) is 112 Å². The molecule has 1 saturated carbocycles. The van der Waals surface area contributed by atoms with E-state index in [0.29, 0.717) is 5.69 Å². The number of anilines is 2. The average Bonchev–Trinajstić information content (AvgIpc) is 3.11. The Balaban J connectivity index is 2.01. The summed E-state index contributed by atoms with van der Waals surface area (Å²) in [6.07, 6.45) is 4.18. The van der Waals surface area contributed by atoms with Crippen LogP contribution in [0.1, 0.15) is 51.1 Å². The van der Waals surface area contributed by atoms with Crippen molar-refractivity contribution in [2.24, 2.45) is 0 Å². The summed E-state index contributed by atoms with van der Waals surface area (Å²) in [5, 5.41) is 12.5. The van der Waals surface area contributed by atoms with Gasteiger partial charge in [-0.05, 0) is 38.8 Å². The zero-order chi connectivity index (χ0) is 19.8. The van der Waals surface area contributed by atoms with E-state index in [1.165, 1.54) is 32.0 Å². The van der Waals surface area contributed by atoms with Crippen LogP contribution in [0.3, 0.4) is 0 Å². The molecule has 1 aromatic heterocycles. The molecule has 0 bridgehead atoms. The Hall–Kier alpha value is -2.06. The van der Waals surface area contributed by atoms with Gasteiger partial charge in [0.25, 0.3) is 5.56 Å². The molecule has 0 spiro atoms. The van der Waals surface area contributed by atoms with Crippen LogP contribution >= 0.6 is 11.6 Å². The van der Waals surface area contributed by atoms with Crippen molar-refractivity contribution in [1.82, 2.24) is 9.97 Å². The van der Waals surface area contributed by atoms with Gasteiger partial charge in [0, 0.05) is 12.0 Å². The van der Waals surface area contributed by atoms with Crippen LogP contribution in [0, 0.1) is 0 Å². The number of nitrogens with zero attached hydrogens (tertiary/aromatic N) is 1. The number of hydrogen-bond donors (Lipinski definition) is 3. The highest BCUT2D eigenvalue weighted by Gasteiger charge is 2.28. The third-order valence-electron chi connectivity index (χ3n) is 4.78. The minimum atomic E-state index is -3.80. The molecule has 0 saturated heterocycles. The van der Waals surface area contributed by atoms with E-state index in [2.05, 4.69) is 15.3 Å². The van der Waals surface area contributed by atoms with Gasteiger partial charge < -0.3 is 10.4 Å². The molecule has 1 aliphatic rings. The number of H-pyrrole nitrogens is 1. The first-order chi connectivity index (χ1) is 12.7. The van der Waals surface area contributed by atoms with Gasteiger partial charge in [0.15, 0.2) is 15.6 Å². The number of aromatic hydroxyl groups is 1. The van der Waals surface area contributed by atoms with Crippen LogP contribution in [-0.2, 0) is 9.84 Å². The minimum Gasteiger partial charge on any atom is -0.504 e. The molecule has 1 heterocycles. The lowest BCUT2D eigenvalue weighted by molar-refractivity contribution is 0.460. The second kappa shape index (κ2) is 7.52. The van der Waals surface area contributed by atoms with Crippen molar-refractivity contribution in [3.8, 4) is 5.75 Å². The summed E-state index contributed by atoms with van der Waals surface area (Å²) in [4.78, 5) is 18.7. The average molecular weight is 412 g/mol. The third kappa shape index (κ3) is 3.96. The number of phenolic OH excluding ortho intramolecular Hbond substituents is 1. The van der Waals surface area contributed by atoms with Gasteiger partial charge in [-0.2, -0.15) is 0 Å². The molecule has 7 nitrogen and oxygen atoms in total. The number of halogens is 1. The maximum atomic E-state index is 12.5. The molecule has 3 N–H and O–H groups in total. The normalized spacial score (nSPS) is 15.4. The molecule has 0 aliphatic heterocycles. The van der Waals surface area contributed by atoms with Crippen LogP contribution in [0.25, 0.3) is 0 Å². The number of phenols is 1. The van der Waals surface area contributed by atoms with Crippen molar-refractivity contribution in [3.05, 3.63) is 39.3 Å². The maximum Gasteiger partial charge on any atom is 0.252 e. The fraction of sp³-hybridized carbons (Fsp3) is 0.444. The van der Waals surface area contributed by atoms with Gasteiger partial charge in [0.1, 0.15) is 4.90 Å². The molecule has 1 fully saturated rings. The number of rotatable bonds is 5. The predicted octanol–water partition coefficient (Wildman–Crippen LogP) is 3.71. The molecule has 0 unspecified atom stereocenters. The van der Waals surface area contributed by atoms with Crippen molar-refractivity contribution in [2.45, 2.75) is 55.6 Å². The first-order valence-corrected chi connectivity index (χ1v) is 10.8. The largest absolute Gasteiger partial charge is 0.504 e. The van der Waals surface area contributed by atoms with Crippen molar-refractivity contribution >= 4 is 33.1 Å². The number of aromatic amines is 1. The van der Waals surface area contributed by atoms with Gasteiger partial charge in [-0.1, -0.05) is 24.4 Å². The zero-order valence-electron chi connectivity index (χ0n) is 15.1. The van der Waals surface area contributed by atoms with E-state index >= 15 is 0 Å². The Morgan fingerprint density at radius 3 is 2.59 bits per heavy atom. The smallest absolute Gasteiger partial charge is 0.252 e. The van der Waals surface area contributed by atoms with Crippen LogP contribution in [0.4, 0.5) is 11.6 Å². The molecule has 0 amide bonds. The van der Waals surface area contributed by atoms with Gasteiger partial charge in [-0.3, -0.25) is 9.78 Å². The van der Waals surface area contributed by atoms with E-state index in [9.17, 15) is 18.3 Å². The van der Waals surface area contributed by atoms with E-state index in [1.807, 2.05) is 0 Å². The van der Waals surface area contributed by atoms with E-state index < -0.39 is 20.8 Å². The second-order valence-electron chi connectivity index (χ2n) is 6.99. The number of aromatic nitrogens is 2. The Morgan fingerprint density at radius 1 is 1.30 bits per heavy atom. The van der Waals surface area contributed by atoms with Crippen LogP contribution in [0.15, 0.2) is 27.9 Å². The summed E-state index contributed by atoms with van der Waals surface area (Å²) < 4.78 is 25.0. The van der Waals surface area contributed by atoms with Crippen LogP contribution < -0.4 is 10.9 Å². The summed E-state index contributed by atoms with van der Waals surface area (Å²) in [5.41, 5.74) is 0.491. The highest BCUT2D eigenvalue weighted by Crippen LogP contribution is 2.39. The molecule has 27 heavy (non-hydrogen) atoms. The van der Waals surface area contributed by atoms with Gasteiger partial charge in [0.2, 0.25) is 5.95 Å². The Bertz CT molecular complexity index is 1010. The summed E-state index contributed by atoms with van der Waals surface area (Å²) in [6, 6.07) is 4.31. The molecular weight excluding hydrogens is 390 g/mol. The molecule has 1 aromatic carbocycles. The number of hydrogen-bond acceptors (Lipinski definition) is 6. The molecule has 0 radical (unpaired) electrons. The number of nitrogens with one attached hydrogen (secondary N) is 2. The van der Waals surface area contributed by atoms with Gasteiger partial charge in [-0.15, -0.1) is 0 Å². The SMILES string of the molecule is CC(C)S(=O)(=O)c1c(Cl)ccc(Nc2nc(C3CCCC3)cc(=O)[nH]2)c1O. The first kappa shape index (κ1) is 19.7. The second-order valence-corrected chi connectivity index (χ2v) is 9.84. The molecule has 146 valence electrons. The zero-order valence-corrected chi connectivity index (χ0v) is 16.7. The van der Waals surface area contributed by atoms with E-state index in [-0.39, 0.29) is 33.0 Å². The number of benzene rings is 1. The fourth-order valence-corrected chi connectivity index (χ4v) is 4.91. The molecule has 9 heteroatoms. The fourth-order valence-electron chi connectivity index (χ4n) is 3.25. The van der Waals surface area contributed by atoms with Crippen molar-refractivity contribution in [2.75, 3.05) is 5.32 Å². The minimum absolute atomic E-state index is 0.0621. The van der Waals surface area contributed by atoms with Crippen molar-refractivity contribution in [3.63, 3.8) is 0 Å². The van der Waals surface area contributed by atoms with E-state index in [1.54, 1.807) is 0 Å². The van der Waals surface area contributed by atoms with Gasteiger partial charge >= 0.3 is 0 Å². The molecule has 1 aliphatic carbocycles. The lowest BCUT2D eigenvalue weighted by atomic mass is 10.0. The van der Waals surface area contributed by atoms with Crippen LogP contribution in [0.2, 0.25) is 5.02 Å². The molecule has 0 atom stereocenters. The van der Waals surface area contributed by atoms with E-state index in [0.717, 1.165) is 25.7 Å². The summed E-state index contributed by atoms with van der Waals surface area (Å²) in [6.45, 7) is 3.02. The molecular formula is C18H22ClN3O4S. The Kier molecular flexibility index (Phi) is 5.48. The Morgan fingerprint density at radius 2 is 1.96 bits per heavy atom. The van der Waals surface area contributed by atoms with Gasteiger partial charge in [-0.25, -0.2) is 13.4 Å². The van der Waals surface area contributed by atoms with Crippen molar-refractivity contribution < 1.29 is 13.5 Å². The van der Waals surface area contributed by atoms with Crippen LogP contribution in [-0.4, -0.2) is 28.7 Å². The molecule has 3 rings (SSSR count). The highest BCUT2D eigenvalue weighted by atomic mass is 35.5. The monoisotopic (exact) mass is 411 g/mol. The highest BCUT2D eigenvalue weighted by molar-refractivity contribution is 7.92. The number of sulfone groups is 1. The van der Waals surface area contributed by atoms with E-state index in [4.69, 9.17) is 11.6 Å². The summed E-state index contributed by atoms with van der Waals surface area (Å²) in [7, 11) is -3.80. The maximum absolute atomic E-state index is 12.5. The summed E-state index contributed by atoms with van der Waals surface area (Å²) in [5.74, 6) is -0.108.